The number of urea groups is 1. The van der Waals surface area contributed by atoms with Crippen molar-refractivity contribution in [3.63, 3.8) is 0 Å². The fourth-order valence-electron chi connectivity index (χ4n) is 1.98. The lowest BCUT2D eigenvalue weighted by Crippen LogP contribution is -2.60. The van der Waals surface area contributed by atoms with Gasteiger partial charge in [-0.3, -0.25) is 19.7 Å². The Morgan fingerprint density at radius 2 is 1.84 bits per heavy atom. The third kappa shape index (κ3) is 2.12. The van der Waals surface area contributed by atoms with Crippen molar-refractivity contribution in [2.75, 3.05) is 4.90 Å². The summed E-state index contributed by atoms with van der Waals surface area (Å²) in [5.41, 5.74) is 1.06. The Bertz CT molecular complexity index is 594. The van der Waals surface area contributed by atoms with Gasteiger partial charge < -0.3 is 0 Å². The predicted molar refractivity (Wildman–Crippen MR) is 66.4 cm³/mol. The van der Waals surface area contributed by atoms with Crippen LogP contribution in [0.5, 0.6) is 0 Å². The zero-order valence-corrected chi connectivity index (χ0v) is 10.5. The first-order valence-corrected chi connectivity index (χ1v) is 5.68. The number of aryl methyl sites for hydroxylation is 1. The monoisotopic (exact) mass is 260 g/mol. The van der Waals surface area contributed by atoms with E-state index in [1.165, 1.54) is 0 Å². The second kappa shape index (κ2) is 4.64. The minimum absolute atomic E-state index is 0.365. The fraction of sp³-hybridized carbons (Fsp3) is 0.231. The average molecular weight is 260 g/mol. The van der Waals surface area contributed by atoms with Gasteiger partial charge in [-0.25, -0.2) is 9.69 Å². The summed E-state index contributed by atoms with van der Waals surface area (Å²) in [5, 5.41) is 2.02. The van der Waals surface area contributed by atoms with Crippen molar-refractivity contribution >= 4 is 29.3 Å². The fourth-order valence-corrected chi connectivity index (χ4v) is 1.98. The van der Waals surface area contributed by atoms with Crippen LogP contribution >= 0.6 is 0 Å². The smallest absolute Gasteiger partial charge is 0.299 e. The van der Waals surface area contributed by atoms with Gasteiger partial charge in [-0.2, -0.15) is 0 Å². The number of anilines is 1. The molecular formula is C13H12N2O4. The van der Waals surface area contributed by atoms with E-state index in [4.69, 9.17) is 0 Å². The number of rotatable bonds is 2. The van der Waals surface area contributed by atoms with E-state index in [1.54, 1.807) is 31.2 Å². The van der Waals surface area contributed by atoms with Crippen molar-refractivity contribution in [2.45, 2.75) is 13.8 Å². The second-order valence-corrected chi connectivity index (χ2v) is 4.30. The Morgan fingerprint density at radius 1 is 1.21 bits per heavy atom. The van der Waals surface area contributed by atoms with E-state index in [9.17, 15) is 19.2 Å². The van der Waals surface area contributed by atoms with Crippen LogP contribution in [-0.2, 0) is 14.4 Å². The molecule has 1 heterocycles. The minimum Gasteiger partial charge on any atom is -0.299 e. The second-order valence-electron chi connectivity index (χ2n) is 4.30. The van der Waals surface area contributed by atoms with E-state index >= 15 is 0 Å². The molecule has 1 fully saturated rings. The molecule has 19 heavy (non-hydrogen) atoms. The molecule has 1 aromatic carbocycles. The normalized spacial score (nSPS) is 19.4. The number of nitrogens with zero attached hydrogens (tertiary/aromatic N) is 1. The molecule has 4 amide bonds. The van der Waals surface area contributed by atoms with Crippen LogP contribution in [0.15, 0.2) is 24.3 Å². The van der Waals surface area contributed by atoms with Crippen LogP contribution in [0.25, 0.3) is 0 Å². The number of Topliss-reactive ketones (excluding diaryl/α,β-unsaturated/α-hetero) is 1. The molecule has 0 aromatic heterocycles. The number of nitrogens with one attached hydrogen (secondary N) is 1. The summed E-state index contributed by atoms with van der Waals surface area (Å²) in [6.45, 7) is 2.88. The summed E-state index contributed by atoms with van der Waals surface area (Å²) >= 11 is 0. The summed E-state index contributed by atoms with van der Waals surface area (Å²) in [6, 6.07) is 5.91. The quantitative estimate of drug-likeness (QED) is 0.796. The molecule has 1 aliphatic rings. The highest BCUT2D eigenvalue weighted by molar-refractivity contribution is 6.34. The summed E-state index contributed by atoms with van der Waals surface area (Å²) < 4.78 is 0. The number of barbiturate groups is 1. The van der Waals surface area contributed by atoms with E-state index in [2.05, 4.69) is 0 Å². The maximum atomic E-state index is 12.2. The van der Waals surface area contributed by atoms with Gasteiger partial charge in [-0.1, -0.05) is 18.2 Å². The number of hydrogen-bond donors (Lipinski definition) is 1. The van der Waals surface area contributed by atoms with Crippen LogP contribution in [0, 0.1) is 12.8 Å². The van der Waals surface area contributed by atoms with Crippen molar-refractivity contribution in [2.24, 2.45) is 5.92 Å². The Kier molecular flexibility index (Phi) is 3.16. The topological polar surface area (TPSA) is 83.6 Å². The Morgan fingerprint density at radius 3 is 2.42 bits per heavy atom. The predicted octanol–water partition coefficient (Wildman–Crippen LogP) is 0.783. The molecule has 6 nitrogen and oxygen atoms in total. The highest BCUT2D eigenvalue weighted by atomic mass is 16.2. The van der Waals surface area contributed by atoms with Gasteiger partial charge in [0.25, 0.3) is 5.91 Å². The van der Waals surface area contributed by atoms with E-state index in [-0.39, 0.29) is 0 Å². The van der Waals surface area contributed by atoms with Crippen molar-refractivity contribution in [3.8, 4) is 0 Å². The molecule has 0 saturated carbocycles. The van der Waals surface area contributed by atoms with Gasteiger partial charge in [0.05, 0.1) is 5.69 Å². The zero-order valence-electron chi connectivity index (χ0n) is 10.5. The lowest BCUT2D eigenvalue weighted by Gasteiger charge is -2.29. The Balaban J connectivity index is 2.48. The summed E-state index contributed by atoms with van der Waals surface area (Å²) in [7, 11) is 0. The number of para-hydroxylation sites is 1. The maximum absolute atomic E-state index is 12.2. The molecule has 0 spiro atoms. The van der Waals surface area contributed by atoms with Gasteiger partial charge >= 0.3 is 6.03 Å². The first-order chi connectivity index (χ1) is 8.93. The maximum Gasteiger partial charge on any atom is 0.335 e. The van der Waals surface area contributed by atoms with Crippen LogP contribution in [-0.4, -0.2) is 23.6 Å². The van der Waals surface area contributed by atoms with E-state index < -0.39 is 29.5 Å². The van der Waals surface area contributed by atoms with Crippen LogP contribution in [0.1, 0.15) is 12.5 Å². The zero-order chi connectivity index (χ0) is 14.2. The Hall–Kier alpha value is -2.50. The highest BCUT2D eigenvalue weighted by Crippen LogP contribution is 2.24. The number of amides is 4. The molecule has 98 valence electrons. The third-order valence-corrected chi connectivity index (χ3v) is 2.93. The molecule has 1 aliphatic heterocycles. The lowest BCUT2D eigenvalue weighted by atomic mass is 9.99. The first kappa shape index (κ1) is 12.9. The largest absolute Gasteiger partial charge is 0.335 e. The number of carbonyl (C=O) groups excluding carboxylic acids is 4. The number of carbonyl (C=O) groups is 4. The van der Waals surface area contributed by atoms with Crippen molar-refractivity contribution in [1.82, 2.24) is 5.32 Å². The number of hydrogen-bond acceptors (Lipinski definition) is 4. The van der Waals surface area contributed by atoms with Crippen LogP contribution < -0.4 is 10.2 Å². The van der Waals surface area contributed by atoms with Crippen molar-refractivity contribution in [1.29, 1.82) is 0 Å². The average Bonchev–Trinajstić information content (AvgIpc) is 2.30. The molecule has 1 unspecified atom stereocenters. The molecule has 6 heteroatoms. The van der Waals surface area contributed by atoms with Crippen molar-refractivity contribution in [3.05, 3.63) is 29.8 Å². The number of benzene rings is 1. The van der Waals surface area contributed by atoms with Crippen LogP contribution in [0.3, 0.4) is 0 Å². The van der Waals surface area contributed by atoms with E-state index in [1.807, 2.05) is 5.32 Å². The molecule has 2 rings (SSSR count). The van der Waals surface area contributed by atoms with Crippen LogP contribution in [0.4, 0.5) is 10.5 Å². The SMILES string of the molecule is CC(=O)C1C(=O)NC(=O)N(c2ccccc2C)C1=O. The molecular weight excluding hydrogens is 248 g/mol. The summed E-state index contributed by atoms with van der Waals surface area (Å²) in [4.78, 5) is 47.7. The molecule has 1 atom stereocenters. The number of imide groups is 2. The van der Waals surface area contributed by atoms with Crippen LogP contribution in [0.2, 0.25) is 0 Å². The molecule has 0 bridgehead atoms. The first-order valence-electron chi connectivity index (χ1n) is 5.68. The van der Waals surface area contributed by atoms with Gasteiger partial charge in [0.2, 0.25) is 5.91 Å². The molecule has 1 aromatic rings. The van der Waals surface area contributed by atoms with Gasteiger partial charge in [-0.05, 0) is 25.5 Å². The Labute approximate surface area is 109 Å². The lowest BCUT2D eigenvalue weighted by molar-refractivity contribution is -0.140. The van der Waals surface area contributed by atoms with Gasteiger partial charge in [0.1, 0.15) is 0 Å². The standard InChI is InChI=1S/C13H12N2O4/c1-7-5-3-4-6-9(7)15-12(18)10(8(2)16)11(17)14-13(15)19/h3-6,10H,1-2H3,(H,14,17,19). The van der Waals surface area contributed by atoms with Crippen molar-refractivity contribution < 1.29 is 19.2 Å². The molecule has 1 N–H and O–H groups in total. The summed E-state index contributed by atoms with van der Waals surface area (Å²) in [6.07, 6.45) is 0. The third-order valence-electron chi connectivity index (χ3n) is 2.93. The number of ketones is 1. The van der Waals surface area contributed by atoms with E-state index in [0.29, 0.717) is 11.3 Å². The minimum atomic E-state index is -1.46. The van der Waals surface area contributed by atoms with Gasteiger partial charge in [0, 0.05) is 0 Å². The molecule has 0 aliphatic carbocycles. The van der Waals surface area contributed by atoms with E-state index in [0.717, 1.165) is 11.8 Å². The van der Waals surface area contributed by atoms with Gasteiger partial charge in [0.15, 0.2) is 11.7 Å². The highest BCUT2D eigenvalue weighted by Gasteiger charge is 2.44. The molecule has 1 saturated heterocycles. The summed E-state index contributed by atoms with van der Waals surface area (Å²) in [5.74, 6) is -3.73. The molecule has 0 radical (unpaired) electrons. The van der Waals surface area contributed by atoms with Gasteiger partial charge in [-0.15, -0.1) is 0 Å².